The Balaban J connectivity index is 1.92. The van der Waals surface area contributed by atoms with Crippen LogP contribution in [0.15, 0.2) is 48.5 Å². The Labute approximate surface area is 165 Å². The van der Waals surface area contributed by atoms with E-state index in [2.05, 4.69) is 20.4 Å². The van der Waals surface area contributed by atoms with Crippen molar-refractivity contribution in [3.05, 3.63) is 60.2 Å². The third-order valence-electron chi connectivity index (χ3n) is 4.36. The Bertz CT molecular complexity index is 1160. The zero-order chi connectivity index (χ0) is 20.4. The van der Waals surface area contributed by atoms with Crippen LogP contribution in [0.1, 0.15) is 0 Å². The van der Waals surface area contributed by atoms with E-state index in [9.17, 15) is 8.78 Å². The number of hydrogen-bond acceptors (Lipinski definition) is 6. The van der Waals surface area contributed by atoms with Crippen LogP contribution in [0, 0.1) is 11.6 Å². The van der Waals surface area contributed by atoms with Crippen LogP contribution in [0.2, 0.25) is 0 Å². The number of fused-ring (bicyclic) bond motifs is 1. The normalized spacial score (nSPS) is 11.1. The maximum Gasteiger partial charge on any atom is 0.225 e. The zero-order valence-corrected chi connectivity index (χ0v) is 15.6. The molecule has 7 nitrogen and oxygen atoms in total. The van der Waals surface area contributed by atoms with Crippen molar-refractivity contribution < 1.29 is 13.5 Å². The van der Waals surface area contributed by atoms with Gasteiger partial charge in [-0.1, -0.05) is 12.1 Å². The van der Waals surface area contributed by atoms with E-state index in [1.807, 2.05) is 0 Å². The van der Waals surface area contributed by atoms with Gasteiger partial charge in [-0.3, -0.25) is 0 Å². The molecule has 0 radical (unpaired) electrons. The SMILES string of the molecule is COCCNc1nc(-c2ccccc2F)c2c(N)n(-c3ccc(F)cc3)nc2n1. The number of benzene rings is 2. The third-order valence-corrected chi connectivity index (χ3v) is 4.36. The van der Waals surface area contributed by atoms with Gasteiger partial charge in [0.15, 0.2) is 5.65 Å². The molecule has 4 aromatic rings. The molecule has 0 aliphatic rings. The fourth-order valence-corrected chi connectivity index (χ4v) is 2.98. The minimum atomic E-state index is -0.440. The average Bonchev–Trinajstić information content (AvgIpc) is 3.05. The lowest BCUT2D eigenvalue weighted by Crippen LogP contribution is -2.11. The minimum Gasteiger partial charge on any atom is -0.383 e. The lowest BCUT2D eigenvalue weighted by Gasteiger charge is -2.09. The summed E-state index contributed by atoms with van der Waals surface area (Å²) in [7, 11) is 1.58. The summed E-state index contributed by atoms with van der Waals surface area (Å²) in [6, 6.07) is 12.0. The van der Waals surface area contributed by atoms with Gasteiger partial charge in [0.2, 0.25) is 5.95 Å². The predicted molar refractivity (Wildman–Crippen MR) is 107 cm³/mol. The maximum absolute atomic E-state index is 14.5. The van der Waals surface area contributed by atoms with Crippen molar-refractivity contribution in [3.63, 3.8) is 0 Å². The molecule has 0 fully saturated rings. The van der Waals surface area contributed by atoms with Crippen molar-refractivity contribution in [1.29, 1.82) is 0 Å². The van der Waals surface area contributed by atoms with Gasteiger partial charge in [0.25, 0.3) is 0 Å². The molecule has 2 aromatic carbocycles. The molecule has 9 heteroatoms. The summed E-state index contributed by atoms with van der Waals surface area (Å²) in [5.41, 5.74) is 7.77. The Kier molecular flexibility index (Phi) is 5.05. The van der Waals surface area contributed by atoms with Crippen molar-refractivity contribution in [2.45, 2.75) is 0 Å². The van der Waals surface area contributed by atoms with E-state index in [1.54, 1.807) is 37.4 Å². The fourth-order valence-electron chi connectivity index (χ4n) is 2.98. The molecule has 0 bridgehead atoms. The van der Waals surface area contributed by atoms with Gasteiger partial charge in [-0.25, -0.2) is 18.4 Å². The first-order chi connectivity index (χ1) is 14.1. The van der Waals surface area contributed by atoms with Crippen LogP contribution in [-0.2, 0) is 4.74 Å². The second-order valence-corrected chi connectivity index (χ2v) is 6.27. The fraction of sp³-hybridized carbons (Fsp3) is 0.150. The van der Waals surface area contributed by atoms with Gasteiger partial charge < -0.3 is 15.8 Å². The van der Waals surface area contributed by atoms with E-state index in [0.717, 1.165) is 0 Å². The van der Waals surface area contributed by atoms with Crippen molar-refractivity contribution in [3.8, 4) is 16.9 Å². The highest BCUT2D eigenvalue weighted by Gasteiger charge is 2.20. The summed E-state index contributed by atoms with van der Waals surface area (Å²) in [5, 5.41) is 7.89. The number of aromatic nitrogens is 4. The molecule has 3 N–H and O–H groups in total. The molecule has 2 aromatic heterocycles. The van der Waals surface area contributed by atoms with E-state index in [0.29, 0.717) is 35.6 Å². The van der Waals surface area contributed by atoms with E-state index < -0.39 is 5.82 Å². The highest BCUT2D eigenvalue weighted by atomic mass is 19.1. The molecule has 0 aliphatic carbocycles. The van der Waals surface area contributed by atoms with Crippen LogP contribution in [0.3, 0.4) is 0 Å². The number of rotatable bonds is 6. The van der Waals surface area contributed by atoms with Crippen LogP contribution in [0.4, 0.5) is 20.5 Å². The molecule has 2 heterocycles. The number of halogens is 2. The molecule has 0 saturated heterocycles. The molecule has 29 heavy (non-hydrogen) atoms. The standard InChI is InChI=1S/C20H18F2N6O/c1-29-11-10-24-20-25-17(14-4-2-3-5-15(14)22)16-18(23)28(27-19(16)26-20)13-8-6-12(21)7-9-13/h2-9H,10-11,23H2,1H3,(H,24,26,27). The molecular weight excluding hydrogens is 378 g/mol. The number of nitrogens with two attached hydrogens (primary N) is 1. The van der Waals surface area contributed by atoms with E-state index in [4.69, 9.17) is 10.5 Å². The number of ether oxygens (including phenoxy) is 1. The third kappa shape index (κ3) is 3.59. The Morgan fingerprint density at radius 1 is 1.07 bits per heavy atom. The molecule has 0 aliphatic heterocycles. The molecule has 0 unspecified atom stereocenters. The number of anilines is 2. The largest absolute Gasteiger partial charge is 0.383 e. The number of nitrogens with one attached hydrogen (secondary N) is 1. The number of nitrogen functional groups attached to an aromatic ring is 1. The Morgan fingerprint density at radius 3 is 2.55 bits per heavy atom. The van der Waals surface area contributed by atoms with Crippen LogP contribution in [-0.4, -0.2) is 40.0 Å². The molecule has 148 valence electrons. The number of nitrogens with zero attached hydrogens (tertiary/aromatic N) is 4. The maximum atomic E-state index is 14.5. The predicted octanol–water partition coefficient (Wildman–Crippen LogP) is 3.40. The van der Waals surface area contributed by atoms with E-state index in [-0.39, 0.29) is 23.1 Å². The van der Waals surface area contributed by atoms with Gasteiger partial charge in [0.05, 0.1) is 23.4 Å². The van der Waals surface area contributed by atoms with Crippen molar-refractivity contribution in [1.82, 2.24) is 19.7 Å². The Morgan fingerprint density at radius 2 is 1.83 bits per heavy atom. The lowest BCUT2D eigenvalue weighted by molar-refractivity contribution is 0.210. The quantitative estimate of drug-likeness (QED) is 0.486. The topological polar surface area (TPSA) is 90.9 Å². The first-order valence-corrected chi connectivity index (χ1v) is 8.88. The molecule has 0 spiro atoms. The van der Waals surface area contributed by atoms with Crippen molar-refractivity contribution >= 4 is 22.8 Å². The summed E-state index contributed by atoms with van der Waals surface area (Å²) < 4.78 is 34.3. The highest BCUT2D eigenvalue weighted by Crippen LogP contribution is 2.33. The molecule has 4 rings (SSSR count). The Hall–Kier alpha value is -3.59. The average molecular weight is 396 g/mol. The summed E-state index contributed by atoms with van der Waals surface area (Å²) in [5.74, 6) is -0.311. The summed E-state index contributed by atoms with van der Waals surface area (Å²) >= 11 is 0. The first-order valence-electron chi connectivity index (χ1n) is 8.88. The second-order valence-electron chi connectivity index (χ2n) is 6.27. The summed E-state index contributed by atoms with van der Waals surface area (Å²) in [6.07, 6.45) is 0. The van der Waals surface area contributed by atoms with Crippen LogP contribution >= 0.6 is 0 Å². The van der Waals surface area contributed by atoms with Gasteiger partial charge in [0, 0.05) is 19.2 Å². The molecule has 0 atom stereocenters. The number of methoxy groups -OCH3 is 1. The van der Waals surface area contributed by atoms with Gasteiger partial charge in [0.1, 0.15) is 17.5 Å². The summed E-state index contributed by atoms with van der Waals surface area (Å²) in [6.45, 7) is 0.912. The van der Waals surface area contributed by atoms with Gasteiger partial charge in [-0.2, -0.15) is 4.98 Å². The van der Waals surface area contributed by atoms with Crippen molar-refractivity contribution in [2.24, 2.45) is 0 Å². The van der Waals surface area contributed by atoms with Gasteiger partial charge >= 0.3 is 0 Å². The smallest absolute Gasteiger partial charge is 0.225 e. The number of hydrogen-bond donors (Lipinski definition) is 2. The highest BCUT2D eigenvalue weighted by molar-refractivity contribution is 5.99. The van der Waals surface area contributed by atoms with E-state index >= 15 is 0 Å². The van der Waals surface area contributed by atoms with E-state index in [1.165, 1.54) is 22.9 Å². The minimum absolute atomic E-state index is 0.230. The lowest BCUT2D eigenvalue weighted by atomic mass is 10.1. The summed E-state index contributed by atoms with van der Waals surface area (Å²) in [4.78, 5) is 8.88. The van der Waals surface area contributed by atoms with Crippen molar-refractivity contribution in [2.75, 3.05) is 31.3 Å². The monoisotopic (exact) mass is 396 g/mol. The molecule has 0 amide bonds. The van der Waals surface area contributed by atoms with Crippen LogP contribution < -0.4 is 11.1 Å². The second kappa shape index (κ2) is 7.80. The molecule has 0 saturated carbocycles. The molecular formula is C20H18F2N6O. The zero-order valence-electron chi connectivity index (χ0n) is 15.6. The van der Waals surface area contributed by atoms with Crippen LogP contribution in [0.25, 0.3) is 28.0 Å². The van der Waals surface area contributed by atoms with Gasteiger partial charge in [-0.05, 0) is 36.4 Å². The van der Waals surface area contributed by atoms with Crippen LogP contribution in [0.5, 0.6) is 0 Å². The van der Waals surface area contributed by atoms with Gasteiger partial charge in [-0.15, -0.1) is 5.10 Å². The first kappa shape index (κ1) is 18.8.